The number of rotatable bonds is 4. The fourth-order valence-electron chi connectivity index (χ4n) is 4.44. The van der Waals surface area contributed by atoms with E-state index in [1.807, 2.05) is 9.80 Å². The molecule has 3 rings (SSSR count). The summed E-state index contributed by atoms with van der Waals surface area (Å²) in [5.41, 5.74) is 0.962. The summed E-state index contributed by atoms with van der Waals surface area (Å²) in [5, 5.41) is 0. The lowest BCUT2D eigenvalue weighted by Crippen LogP contribution is -2.50. The quantitative estimate of drug-likeness (QED) is 0.795. The second-order valence-electron chi connectivity index (χ2n) is 8.44. The zero-order valence-electron chi connectivity index (χ0n) is 17.2. The Morgan fingerprint density at radius 3 is 2.36 bits per heavy atom. The molecule has 0 aromatic heterocycles. The van der Waals surface area contributed by atoms with Gasteiger partial charge in [-0.3, -0.25) is 14.5 Å². The molecule has 0 aliphatic carbocycles. The first kappa shape index (κ1) is 20.8. The first-order chi connectivity index (χ1) is 13.3. The fraction of sp³-hybridized carbons (Fsp3) is 0.636. The number of benzene rings is 1. The van der Waals surface area contributed by atoms with E-state index in [1.54, 1.807) is 19.1 Å². The van der Waals surface area contributed by atoms with Crippen LogP contribution in [0, 0.1) is 11.7 Å². The average Bonchev–Trinajstić information content (AvgIpc) is 2.83. The molecule has 2 aliphatic heterocycles. The smallest absolute Gasteiger partial charge is 0.224 e. The Bertz CT molecular complexity index is 684. The Kier molecular flexibility index (Phi) is 6.70. The van der Waals surface area contributed by atoms with Crippen molar-refractivity contribution < 1.29 is 14.0 Å². The van der Waals surface area contributed by atoms with Crippen molar-refractivity contribution in [3.63, 3.8) is 0 Å². The molecule has 0 spiro atoms. The lowest BCUT2D eigenvalue weighted by atomic mass is 9.98. The van der Waals surface area contributed by atoms with Gasteiger partial charge in [0.2, 0.25) is 11.8 Å². The summed E-state index contributed by atoms with van der Waals surface area (Å²) in [6, 6.07) is 7.00. The molecule has 1 atom stereocenters. The van der Waals surface area contributed by atoms with Crippen LogP contribution in [0.1, 0.15) is 45.6 Å². The van der Waals surface area contributed by atoms with E-state index < -0.39 is 0 Å². The Balaban J connectivity index is 1.71. The van der Waals surface area contributed by atoms with Crippen LogP contribution in [0.15, 0.2) is 24.3 Å². The molecule has 2 amide bonds. The van der Waals surface area contributed by atoms with Crippen molar-refractivity contribution in [2.75, 3.05) is 26.2 Å². The standard InChI is InChI=1S/C22H32FN3O2/c1-16(2)21-15-25(20-8-11-24(12-9-20)17(3)27)13-10-22(28)26(21)14-18-4-6-19(23)7-5-18/h4-7,16,20-21H,8-15H2,1-3H3. The van der Waals surface area contributed by atoms with E-state index in [1.165, 1.54) is 12.1 Å². The zero-order chi connectivity index (χ0) is 20.3. The normalized spacial score (nSPS) is 22.6. The maximum Gasteiger partial charge on any atom is 0.224 e. The number of piperidine rings is 1. The second kappa shape index (κ2) is 9.03. The Morgan fingerprint density at radius 2 is 1.79 bits per heavy atom. The third kappa shape index (κ3) is 4.90. The van der Waals surface area contributed by atoms with Crippen LogP contribution in [-0.2, 0) is 16.1 Å². The van der Waals surface area contributed by atoms with Crippen molar-refractivity contribution in [3.05, 3.63) is 35.6 Å². The minimum atomic E-state index is -0.255. The predicted octanol–water partition coefficient (Wildman–Crippen LogP) is 2.90. The van der Waals surface area contributed by atoms with E-state index in [9.17, 15) is 14.0 Å². The largest absolute Gasteiger partial charge is 0.343 e. The van der Waals surface area contributed by atoms with Crippen LogP contribution in [-0.4, -0.2) is 64.8 Å². The van der Waals surface area contributed by atoms with Gasteiger partial charge < -0.3 is 9.80 Å². The number of nitrogens with zero attached hydrogens (tertiary/aromatic N) is 3. The molecule has 2 fully saturated rings. The molecule has 0 saturated carbocycles. The van der Waals surface area contributed by atoms with Gasteiger partial charge >= 0.3 is 0 Å². The molecule has 0 N–H and O–H groups in total. The van der Waals surface area contributed by atoms with E-state index >= 15 is 0 Å². The number of hydrogen-bond acceptors (Lipinski definition) is 3. The van der Waals surface area contributed by atoms with Crippen molar-refractivity contribution in [1.82, 2.24) is 14.7 Å². The van der Waals surface area contributed by atoms with Gasteiger partial charge in [0, 0.05) is 58.2 Å². The SMILES string of the molecule is CC(=O)N1CCC(N2CCC(=O)N(Cc3ccc(F)cc3)C(C(C)C)C2)CC1. The lowest BCUT2D eigenvalue weighted by Gasteiger charge is -2.40. The van der Waals surface area contributed by atoms with E-state index in [4.69, 9.17) is 0 Å². The highest BCUT2D eigenvalue weighted by molar-refractivity contribution is 5.77. The van der Waals surface area contributed by atoms with Crippen LogP contribution >= 0.6 is 0 Å². The van der Waals surface area contributed by atoms with Gasteiger partial charge in [0.05, 0.1) is 0 Å². The first-order valence-corrected chi connectivity index (χ1v) is 10.4. The topological polar surface area (TPSA) is 43.9 Å². The molecule has 0 bridgehead atoms. The van der Waals surface area contributed by atoms with Gasteiger partial charge in [0.25, 0.3) is 0 Å². The number of carbonyl (C=O) groups excluding carboxylic acids is 2. The van der Waals surface area contributed by atoms with E-state index in [2.05, 4.69) is 18.7 Å². The van der Waals surface area contributed by atoms with E-state index in [0.29, 0.717) is 24.9 Å². The first-order valence-electron chi connectivity index (χ1n) is 10.4. The number of likely N-dealkylation sites (tertiary alicyclic amines) is 1. The van der Waals surface area contributed by atoms with Crippen molar-refractivity contribution in [3.8, 4) is 0 Å². The van der Waals surface area contributed by atoms with Crippen LogP contribution in [0.5, 0.6) is 0 Å². The van der Waals surface area contributed by atoms with Crippen LogP contribution < -0.4 is 0 Å². The van der Waals surface area contributed by atoms with Gasteiger partial charge in [-0.05, 0) is 36.5 Å². The molecule has 1 unspecified atom stereocenters. The molecule has 1 aromatic rings. The third-order valence-electron chi connectivity index (χ3n) is 6.22. The molecule has 6 heteroatoms. The summed E-state index contributed by atoms with van der Waals surface area (Å²) in [5.74, 6) is 0.401. The fourth-order valence-corrected chi connectivity index (χ4v) is 4.44. The van der Waals surface area contributed by atoms with Gasteiger partial charge in [0.1, 0.15) is 5.82 Å². The number of hydrogen-bond donors (Lipinski definition) is 0. The highest BCUT2D eigenvalue weighted by atomic mass is 19.1. The van der Waals surface area contributed by atoms with Crippen molar-refractivity contribution >= 4 is 11.8 Å². The van der Waals surface area contributed by atoms with Gasteiger partial charge in [-0.1, -0.05) is 26.0 Å². The average molecular weight is 390 g/mol. The van der Waals surface area contributed by atoms with Gasteiger partial charge in [-0.15, -0.1) is 0 Å². The molecular formula is C22H32FN3O2. The summed E-state index contributed by atoms with van der Waals surface area (Å²) in [7, 11) is 0. The molecule has 5 nitrogen and oxygen atoms in total. The Labute approximate surface area is 167 Å². The van der Waals surface area contributed by atoms with Crippen molar-refractivity contribution in [2.45, 2.75) is 58.7 Å². The zero-order valence-corrected chi connectivity index (χ0v) is 17.2. The maximum absolute atomic E-state index is 13.2. The van der Waals surface area contributed by atoms with E-state index in [0.717, 1.165) is 44.6 Å². The molecule has 1 aromatic carbocycles. The van der Waals surface area contributed by atoms with Gasteiger partial charge in [0.15, 0.2) is 0 Å². The van der Waals surface area contributed by atoms with Crippen molar-refractivity contribution in [2.24, 2.45) is 5.92 Å². The van der Waals surface area contributed by atoms with Crippen LogP contribution in [0.2, 0.25) is 0 Å². The minimum absolute atomic E-state index is 0.130. The molecule has 154 valence electrons. The van der Waals surface area contributed by atoms with Crippen LogP contribution in [0.3, 0.4) is 0 Å². The highest BCUT2D eigenvalue weighted by Gasteiger charge is 2.35. The maximum atomic E-state index is 13.2. The highest BCUT2D eigenvalue weighted by Crippen LogP contribution is 2.25. The lowest BCUT2D eigenvalue weighted by molar-refractivity contribution is -0.134. The molecule has 2 aliphatic rings. The molecular weight excluding hydrogens is 357 g/mol. The summed E-state index contributed by atoms with van der Waals surface area (Å²) in [4.78, 5) is 30.9. The second-order valence-corrected chi connectivity index (χ2v) is 8.44. The monoisotopic (exact) mass is 389 g/mol. The number of halogens is 1. The molecule has 0 radical (unpaired) electrons. The third-order valence-corrected chi connectivity index (χ3v) is 6.22. The van der Waals surface area contributed by atoms with Crippen LogP contribution in [0.4, 0.5) is 4.39 Å². The Morgan fingerprint density at radius 1 is 1.14 bits per heavy atom. The summed E-state index contributed by atoms with van der Waals surface area (Å²) >= 11 is 0. The summed E-state index contributed by atoms with van der Waals surface area (Å²) < 4.78 is 13.2. The molecule has 28 heavy (non-hydrogen) atoms. The molecule has 2 heterocycles. The van der Waals surface area contributed by atoms with E-state index in [-0.39, 0.29) is 23.7 Å². The molecule has 2 saturated heterocycles. The Hall–Kier alpha value is -1.95. The van der Waals surface area contributed by atoms with Gasteiger partial charge in [-0.2, -0.15) is 0 Å². The van der Waals surface area contributed by atoms with Gasteiger partial charge in [-0.25, -0.2) is 4.39 Å². The predicted molar refractivity (Wildman–Crippen MR) is 107 cm³/mol. The van der Waals surface area contributed by atoms with Crippen molar-refractivity contribution in [1.29, 1.82) is 0 Å². The van der Waals surface area contributed by atoms with Crippen LogP contribution in [0.25, 0.3) is 0 Å². The number of amides is 2. The summed E-state index contributed by atoms with van der Waals surface area (Å²) in [6.07, 6.45) is 2.45. The summed E-state index contributed by atoms with van der Waals surface area (Å²) in [6.45, 7) is 9.72. The number of carbonyl (C=O) groups is 2. The minimum Gasteiger partial charge on any atom is -0.343 e.